The predicted octanol–water partition coefficient (Wildman–Crippen LogP) is 2.68. The molecule has 0 aliphatic heterocycles. The number of halogens is 2. The van der Waals surface area contributed by atoms with E-state index in [2.05, 4.69) is 9.58 Å². The molecule has 0 spiro atoms. The first-order chi connectivity index (χ1) is 9.97. The molecule has 0 radical (unpaired) electrons. The van der Waals surface area contributed by atoms with E-state index in [0.29, 0.717) is 12.8 Å². The van der Waals surface area contributed by atoms with Crippen LogP contribution in [0.2, 0.25) is 0 Å². The molecule has 0 bridgehead atoms. The number of carbonyl (C=O) groups is 1. The van der Waals surface area contributed by atoms with Crippen molar-refractivity contribution in [3.63, 3.8) is 0 Å². The number of benzene rings is 1. The molecule has 21 heavy (non-hydrogen) atoms. The lowest BCUT2D eigenvalue weighted by Crippen LogP contribution is -2.18. The van der Waals surface area contributed by atoms with Gasteiger partial charge in [-0.15, -0.1) is 0 Å². The molecule has 1 aliphatic rings. The van der Waals surface area contributed by atoms with Crippen molar-refractivity contribution < 1.29 is 27.8 Å². The second-order valence-corrected chi connectivity index (χ2v) is 4.58. The van der Waals surface area contributed by atoms with Crippen molar-refractivity contribution in [1.82, 2.24) is 0 Å². The quantitative estimate of drug-likeness (QED) is 0.633. The van der Waals surface area contributed by atoms with Crippen LogP contribution in [-0.2, 0) is 10.3 Å². The molecule has 0 saturated heterocycles. The van der Waals surface area contributed by atoms with Crippen LogP contribution in [0.3, 0.4) is 0 Å². The summed E-state index contributed by atoms with van der Waals surface area (Å²) in [6, 6.07) is 0. The highest BCUT2D eigenvalue weighted by atomic mass is 19.1. The average molecular weight is 297 g/mol. The molecule has 1 aromatic rings. The monoisotopic (exact) mass is 297 g/mol. The molecule has 0 heterocycles. The van der Waals surface area contributed by atoms with Crippen LogP contribution >= 0.6 is 0 Å². The van der Waals surface area contributed by atoms with Crippen molar-refractivity contribution >= 4 is 5.97 Å². The molecule has 0 unspecified atom stereocenters. The molecule has 1 aliphatic carbocycles. The molecular weight excluding hydrogens is 284 g/mol. The molecule has 1 fully saturated rings. The summed E-state index contributed by atoms with van der Waals surface area (Å²) in [7, 11) is 3.33. The van der Waals surface area contributed by atoms with Gasteiger partial charge in [0.25, 0.3) is 5.54 Å². The Morgan fingerprint density at radius 3 is 2.05 bits per heavy atom. The number of esters is 1. The van der Waals surface area contributed by atoms with E-state index in [1.165, 1.54) is 0 Å². The lowest BCUT2D eigenvalue weighted by Gasteiger charge is -2.17. The van der Waals surface area contributed by atoms with Crippen LogP contribution in [0.5, 0.6) is 11.5 Å². The van der Waals surface area contributed by atoms with Gasteiger partial charge in [-0.05, 0) is 0 Å². The van der Waals surface area contributed by atoms with Crippen LogP contribution in [0.25, 0.3) is 4.85 Å². The van der Waals surface area contributed by atoms with Gasteiger partial charge in [-0.2, -0.15) is 0 Å². The van der Waals surface area contributed by atoms with Crippen molar-refractivity contribution in [3.05, 3.63) is 34.2 Å². The standard InChI is InChI=1S/C14H13F2NO4/c1-17-14(5-6-14)8-7(13(18)21-4)9(15)11(19-2)12(20-3)10(8)16/h5-6H2,2-4H3. The Morgan fingerprint density at radius 1 is 1.14 bits per heavy atom. The summed E-state index contributed by atoms with van der Waals surface area (Å²) in [5, 5.41) is 0. The lowest BCUT2D eigenvalue weighted by atomic mass is 9.96. The molecule has 7 heteroatoms. The molecule has 1 saturated carbocycles. The van der Waals surface area contributed by atoms with E-state index in [4.69, 9.17) is 16.0 Å². The second-order valence-electron chi connectivity index (χ2n) is 4.58. The minimum atomic E-state index is -1.24. The molecule has 0 aromatic heterocycles. The number of nitrogens with zero attached hydrogens (tertiary/aromatic N) is 1. The Labute approximate surface area is 120 Å². The van der Waals surface area contributed by atoms with Gasteiger partial charge in [0, 0.05) is 12.8 Å². The summed E-state index contributed by atoms with van der Waals surface area (Å²) >= 11 is 0. The predicted molar refractivity (Wildman–Crippen MR) is 68.3 cm³/mol. The summed E-state index contributed by atoms with van der Waals surface area (Å²) in [6.07, 6.45) is 0.679. The van der Waals surface area contributed by atoms with E-state index < -0.39 is 40.2 Å². The van der Waals surface area contributed by atoms with Gasteiger partial charge < -0.3 is 19.1 Å². The minimum absolute atomic E-state index is 0.320. The third-order valence-corrected chi connectivity index (χ3v) is 3.49. The third kappa shape index (κ3) is 2.07. The first-order valence-electron chi connectivity index (χ1n) is 6.07. The summed E-state index contributed by atoms with van der Waals surface area (Å²) in [6.45, 7) is 7.21. The number of hydrogen-bond donors (Lipinski definition) is 0. The Morgan fingerprint density at radius 2 is 1.67 bits per heavy atom. The van der Waals surface area contributed by atoms with E-state index in [1.807, 2.05) is 0 Å². The third-order valence-electron chi connectivity index (χ3n) is 3.49. The zero-order chi connectivity index (χ0) is 15.8. The van der Waals surface area contributed by atoms with E-state index in [1.54, 1.807) is 0 Å². The highest BCUT2D eigenvalue weighted by Gasteiger charge is 2.58. The maximum atomic E-state index is 14.7. The second kappa shape index (κ2) is 5.20. The Balaban J connectivity index is 2.88. The Kier molecular flexibility index (Phi) is 3.73. The molecular formula is C14H13F2NO4. The molecule has 1 aromatic carbocycles. The maximum absolute atomic E-state index is 14.7. The summed E-state index contributed by atoms with van der Waals surface area (Å²) in [5.74, 6) is -4.11. The summed E-state index contributed by atoms with van der Waals surface area (Å²) in [5.41, 5.74) is -2.17. The van der Waals surface area contributed by atoms with E-state index >= 15 is 0 Å². The van der Waals surface area contributed by atoms with E-state index in [0.717, 1.165) is 21.3 Å². The van der Waals surface area contributed by atoms with Gasteiger partial charge >= 0.3 is 5.97 Å². The van der Waals surface area contributed by atoms with Crippen LogP contribution in [0.1, 0.15) is 28.8 Å². The number of carbonyl (C=O) groups excluding carboxylic acids is 1. The van der Waals surface area contributed by atoms with Crippen molar-refractivity contribution in [3.8, 4) is 11.5 Å². The zero-order valence-corrected chi connectivity index (χ0v) is 11.8. The molecule has 2 rings (SSSR count). The van der Waals surface area contributed by atoms with Gasteiger partial charge in [-0.25, -0.2) is 20.1 Å². The SMILES string of the molecule is [C-]#[N+]C1(c2c(F)c(OC)c(OC)c(F)c2C(=O)OC)CC1. The smallest absolute Gasteiger partial charge is 0.341 e. The lowest BCUT2D eigenvalue weighted by molar-refractivity contribution is 0.0591. The molecule has 0 atom stereocenters. The molecule has 5 nitrogen and oxygen atoms in total. The van der Waals surface area contributed by atoms with E-state index in [9.17, 15) is 13.6 Å². The van der Waals surface area contributed by atoms with Crippen molar-refractivity contribution in [2.45, 2.75) is 18.4 Å². The molecule has 112 valence electrons. The highest BCUT2D eigenvalue weighted by Crippen LogP contribution is 2.54. The number of hydrogen-bond acceptors (Lipinski definition) is 4. The molecule has 0 N–H and O–H groups in total. The number of rotatable bonds is 4. The topological polar surface area (TPSA) is 49.1 Å². The number of methoxy groups -OCH3 is 3. The van der Waals surface area contributed by atoms with Crippen molar-refractivity contribution in [1.29, 1.82) is 0 Å². The first-order valence-corrected chi connectivity index (χ1v) is 6.07. The maximum Gasteiger partial charge on any atom is 0.341 e. The average Bonchev–Trinajstić information content (AvgIpc) is 3.28. The van der Waals surface area contributed by atoms with Gasteiger partial charge in [0.1, 0.15) is 5.56 Å². The minimum Gasteiger partial charge on any atom is -0.490 e. The van der Waals surface area contributed by atoms with Crippen LogP contribution < -0.4 is 9.47 Å². The fourth-order valence-electron chi connectivity index (χ4n) is 2.28. The van der Waals surface area contributed by atoms with Gasteiger partial charge in [-0.1, -0.05) is 0 Å². The number of ether oxygens (including phenoxy) is 3. The largest absolute Gasteiger partial charge is 0.490 e. The van der Waals surface area contributed by atoms with Crippen molar-refractivity contribution in [2.75, 3.05) is 21.3 Å². The van der Waals surface area contributed by atoms with E-state index in [-0.39, 0.29) is 5.56 Å². The van der Waals surface area contributed by atoms with Crippen molar-refractivity contribution in [2.24, 2.45) is 0 Å². The summed E-state index contributed by atoms with van der Waals surface area (Å²) < 4.78 is 43.3. The highest BCUT2D eigenvalue weighted by molar-refractivity contribution is 5.93. The zero-order valence-electron chi connectivity index (χ0n) is 11.8. The van der Waals surface area contributed by atoms with Crippen LogP contribution in [0, 0.1) is 18.2 Å². The Bertz CT molecular complexity index is 648. The molecule has 0 amide bonds. The van der Waals surface area contributed by atoms with Crippen LogP contribution in [0.15, 0.2) is 0 Å². The fourth-order valence-corrected chi connectivity index (χ4v) is 2.28. The van der Waals surface area contributed by atoms with Gasteiger partial charge in [0.2, 0.25) is 11.5 Å². The first kappa shape index (κ1) is 15.0. The normalized spacial score (nSPS) is 15.0. The van der Waals surface area contributed by atoms with Crippen LogP contribution in [0.4, 0.5) is 8.78 Å². The van der Waals surface area contributed by atoms with Crippen LogP contribution in [-0.4, -0.2) is 27.3 Å². The van der Waals surface area contributed by atoms with Gasteiger partial charge in [0.05, 0.1) is 26.9 Å². The summed E-state index contributed by atoms with van der Waals surface area (Å²) in [4.78, 5) is 15.2. The van der Waals surface area contributed by atoms with Gasteiger partial charge in [-0.3, -0.25) is 0 Å². The Hall–Kier alpha value is -2.36. The fraction of sp³-hybridized carbons (Fsp3) is 0.429. The van der Waals surface area contributed by atoms with Gasteiger partial charge in [0.15, 0.2) is 11.6 Å².